The maximum atomic E-state index is 12.9. The number of carbonyl (C=O) groups is 6. The molecule has 0 spiro atoms. The number of amides is 1. The zero-order valence-electron chi connectivity index (χ0n) is 59.5. The van der Waals surface area contributed by atoms with E-state index in [1.807, 2.05) is 12.1 Å². The minimum Gasteiger partial charge on any atom is -0.539 e. The molecule has 546 valence electrons. The van der Waals surface area contributed by atoms with Gasteiger partial charge >= 0.3 is 37.9 Å². The van der Waals surface area contributed by atoms with Crippen LogP contribution in [0.1, 0.15) is 131 Å². The second kappa shape index (κ2) is 34.9. The molecule has 0 unspecified atom stereocenters. The second-order valence-electron chi connectivity index (χ2n) is 25.2. The lowest BCUT2D eigenvalue weighted by Gasteiger charge is -2.19. The van der Waals surface area contributed by atoms with Crippen LogP contribution in [0.3, 0.4) is 0 Å². The number of aromatic nitrogens is 16. The molecule has 12 rings (SSSR count). The van der Waals surface area contributed by atoms with E-state index in [0.29, 0.717) is 42.1 Å². The third-order valence-corrected chi connectivity index (χ3v) is 14.9. The summed E-state index contributed by atoms with van der Waals surface area (Å²) in [5.41, 5.74) is 2.49. The van der Waals surface area contributed by atoms with Gasteiger partial charge in [0.25, 0.3) is 5.91 Å². The SMILES string of the molecule is Cn1nc(C(=O)NCc2ccc(F)cc2)c(=S)c2ncccc21.Cn1nc(C(=O)O)c(=S)c2ncccc21.Cn1nc(C(=O)OC(C)(C)C)c(=O)c2ncccc21.Cn1nc(C(=O)OC(C)(C)C)c(=O)c2ncccc21.Cn1nc(C(=O)OC(C)(C)C)c(=S)c2ncccc21.[B]OC(=O)c1ncccc1F. The predicted molar refractivity (Wildman–Crippen MR) is 393 cm³/mol. The van der Waals surface area contributed by atoms with Crippen LogP contribution in [0.2, 0.25) is 0 Å². The number of carboxylic acids is 1. The lowest BCUT2D eigenvalue weighted by molar-refractivity contribution is 0.00469. The van der Waals surface area contributed by atoms with E-state index >= 15 is 0 Å². The molecule has 1 aromatic carbocycles. The van der Waals surface area contributed by atoms with E-state index in [1.165, 1.54) is 50.8 Å². The normalized spacial score (nSPS) is 11.0. The number of carbonyl (C=O) groups excluding carboxylic acids is 5. The van der Waals surface area contributed by atoms with Crippen LogP contribution in [0.5, 0.6) is 0 Å². The number of aromatic carboxylic acids is 1. The van der Waals surface area contributed by atoms with Crippen molar-refractivity contribution in [1.82, 2.24) is 84.1 Å². The van der Waals surface area contributed by atoms with Gasteiger partial charge in [-0.1, -0.05) is 48.8 Å². The molecule has 30 nitrogen and oxygen atoms in total. The number of esters is 3. The van der Waals surface area contributed by atoms with Crippen molar-refractivity contribution in [2.75, 3.05) is 0 Å². The molecule has 0 aliphatic heterocycles. The summed E-state index contributed by atoms with van der Waals surface area (Å²) in [6, 6.07) is 26.0. The Balaban J connectivity index is 0.000000180. The Labute approximate surface area is 618 Å². The quantitative estimate of drug-likeness (QED) is 0.0618. The first-order chi connectivity index (χ1) is 49.8. The Hall–Kier alpha value is -12.2. The van der Waals surface area contributed by atoms with Crippen molar-refractivity contribution in [3.8, 4) is 0 Å². The zero-order valence-corrected chi connectivity index (χ0v) is 61.9. The van der Waals surface area contributed by atoms with Crippen molar-refractivity contribution in [2.24, 2.45) is 35.2 Å². The van der Waals surface area contributed by atoms with E-state index in [9.17, 15) is 47.1 Å². The van der Waals surface area contributed by atoms with Crippen LogP contribution in [0.15, 0.2) is 144 Å². The van der Waals surface area contributed by atoms with E-state index in [0.717, 1.165) is 22.7 Å². The van der Waals surface area contributed by atoms with Crippen molar-refractivity contribution in [3.63, 3.8) is 0 Å². The Morgan fingerprint density at radius 3 is 1.08 bits per heavy atom. The van der Waals surface area contributed by atoms with Crippen LogP contribution in [0.25, 0.3) is 55.2 Å². The van der Waals surface area contributed by atoms with E-state index in [-0.39, 0.29) is 62.3 Å². The molecule has 2 radical (unpaired) electrons. The van der Waals surface area contributed by atoms with Crippen LogP contribution in [-0.4, -0.2) is 145 Å². The topological polar surface area (TPSA) is 372 Å². The molecule has 0 aliphatic carbocycles. The first-order valence-electron chi connectivity index (χ1n) is 31.4. The Morgan fingerprint density at radius 1 is 0.425 bits per heavy atom. The number of pyridine rings is 6. The highest BCUT2D eigenvalue weighted by Gasteiger charge is 2.27. The summed E-state index contributed by atoms with van der Waals surface area (Å²) in [5.74, 6) is -5.57. The molecule has 0 atom stereocenters. The number of aryl methyl sites for hydroxylation is 5. The average Bonchev–Trinajstić information content (AvgIpc) is 0.818. The fraction of sp³-hybridized carbons (Fsp3) is 0.257. The first-order valence-corrected chi connectivity index (χ1v) is 32.6. The van der Waals surface area contributed by atoms with Gasteiger partial charge in [-0.2, -0.15) is 25.5 Å². The zero-order chi connectivity index (χ0) is 78.3. The van der Waals surface area contributed by atoms with Gasteiger partial charge in [0.15, 0.2) is 28.6 Å². The molecule has 1 amide bonds. The van der Waals surface area contributed by atoms with Crippen molar-refractivity contribution in [3.05, 3.63) is 220 Å². The van der Waals surface area contributed by atoms with Crippen molar-refractivity contribution in [1.29, 1.82) is 0 Å². The minimum atomic E-state index is -1.14. The van der Waals surface area contributed by atoms with Gasteiger partial charge in [0.2, 0.25) is 22.2 Å². The van der Waals surface area contributed by atoms with Crippen LogP contribution < -0.4 is 16.2 Å². The van der Waals surface area contributed by atoms with Crippen molar-refractivity contribution in [2.45, 2.75) is 85.7 Å². The molecule has 11 heterocycles. The van der Waals surface area contributed by atoms with Gasteiger partial charge in [-0.25, -0.2) is 37.7 Å². The van der Waals surface area contributed by atoms with Crippen LogP contribution >= 0.6 is 36.7 Å². The van der Waals surface area contributed by atoms with Crippen LogP contribution in [0.4, 0.5) is 8.78 Å². The molecule has 2 N–H and O–H groups in total. The lowest BCUT2D eigenvalue weighted by Crippen LogP contribution is -2.30. The Bertz CT molecular complexity index is 5390. The largest absolute Gasteiger partial charge is 0.539 e. The molecule has 0 aliphatic rings. The summed E-state index contributed by atoms with van der Waals surface area (Å²) < 4.78 is 53.2. The number of ether oxygens (including phenoxy) is 3. The van der Waals surface area contributed by atoms with E-state index in [2.05, 4.69) is 73.4 Å². The molecule has 0 saturated carbocycles. The minimum absolute atomic E-state index is 0.124. The third kappa shape index (κ3) is 21.0. The summed E-state index contributed by atoms with van der Waals surface area (Å²) in [6.07, 6.45) is 9.11. The summed E-state index contributed by atoms with van der Waals surface area (Å²) in [5, 5.41) is 31.8. The van der Waals surface area contributed by atoms with Crippen molar-refractivity contribution < 1.29 is 61.5 Å². The van der Waals surface area contributed by atoms with Gasteiger partial charge in [0, 0.05) is 79.0 Å². The number of hydrogen-bond acceptors (Lipinski definition) is 26. The number of halogens is 2. The van der Waals surface area contributed by atoms with E-state index in [1.54, 1.807) is 186 Å². The van der Waals surface area contributed by atoms with Gasteiger partial charge in [0.1, 0.15) is 59.2 Å². The van der Waals surface area contributed by atoms with E-state index < -0.39 is 69.0 Å². The van der Waals surface area contributed by atoms with Gasteiger partial charge in [-0.3, -0.25) is 62.7 Å². The monoisotopic (exact) mass is 1500 g/mol. The van der Waals surface area contributed by atoms with Gasteiger partial charge in [-0.05, 0) is 153 Å². The predicted octanol–water partition coefficient (Wildman–Crippen LogP) is 9.84. The van der Waals surface area contributed by atoms with E-state index in [4.69, 9.17) is 56.0 Å². The fourth-order valence-corrected chi connectivity index (χ4v) is 9.96. The molecule has 0 bridgehead atoms. The molecule has 36 heteroatoms. The summed E-state index contributed by atoms with van der Waals surface area (Å²) in [7, 11) is 12.9. The third-order valence-electron chi connectivity index (χ3n) is 13.7. The highest BCUT2D eigenvalue weighted by Crippen LogP contribution is 2.20. The lowest BCUT2D eigenvalue weighted by atomic mass is 10.2. The smallest absolute Gasteiger partial charge is 0.378 e. The fourth-order valence-electron chi connectivity index (χ4n) is 9.10. The summed E-state index contributed by atoms with van der Waals surface area (Å²) >= 11 is 15.6. The number of nitrogens with one attached hydrogen (secondary N) is 1. The van der Waals surface area contributed by atoms with Crippen molar-refractivity contribution >= 4 is 136 Å². The summed E-state index contributed by atoms with van der Waals surface area (Å²) in [4.78, 5) is 118. The first kappa shape index (κ1) is 81.1. The standard InChI is InChI=1S/C16H13FN4OS.2C13H15N3O3.C13H15N3O2S.C9H7N3O2S.C6H3BFNO2/c1-21-12-3-2-8-18-13(12)15(23)14(20-21)16(22)19-9-10-4-6-11(17)7-5-10;2*1-13(2,3)19-12(18)10-11(17)9-8(16(4)15-10)6-5-7-14-9;1-13(2,3)18-12(17)10-11(19)9-8(16(4)15-10)6-5-7-14-9;1-12-5-3-2-4-10-6(5)8(15)7(11-12)9(13)14;7-11-6(10)5-4(8)2-1-3-9-5/h2-8H,9H2,1H3,(H,19,22);3*5-7H,1-4H3;2-4H,1H3,(H,13,14);1-3H. The maximum Gasteiger partial charge on any atom is 0.378 e. The summed E-state index contributed by atoms with van der Waals surface area (Å²) in [6.45, 7) is 16.0. The number of rotatable bonds is 8. The number of benzene rings is 1. The van der Waals surface area contributed by atoms with Crippen LogP contribution in [-0.2, 0) is 60.6 Å². The molecule has 106 heavy (non-hydrogen) atoms. The number of carboxylic acid groups (broad SMARTS) is 1. The number of nitrogens with zero attached hydrogens (tertiary/aromatic N) is 16. The highest BCUT2D eigenvalue weighted by molar-refractivity contribution is 7.72. The average molecular weight is 1500 g/mol. The molecular formula is C70H68BF2N17O13S3. The van der Waals surface area contributed by atoms with Crippen LogP contribution in [0, 0.1) is 25.2 Å². The molecule has 0 saturated heterocycles. The van der Waals surface area contributed by atoms with Gasteiger partial charge in [-0.15, -0.1) is 0 Å². The molecule has 0 fully saturated rings. The highest BCUT2D eigenvalue weighted by atomic mass is 32.1. The number of hydrogen-bond donors (Lipinski definition) is 2. The van der Waals surface area contributed by atoms with Gasteiger partial charge in [0.05, 0.1) is 32.1 Å². The molecule has 11 aromatic heterocycles. The second-order valence-corrected chi connectivity index (χ2v) is 26.4. The Kier molecular flexibility index (Phi) is 26.7. The molecule has 12 aromatic rings. The number of fused-ring (bicyclic) bond motifs is 5. The van der Waals surface area contributed by atoms with Gasteiger partial charge < -0.3 is 29.3 Å². The Morgan fingerprint density at radius 2 is 0.726 bits per heavy atom. The molecular weight excluding hydrogens is 1430 g/mol. The maximum absolute atomic E-state index is 12.9.